The van der Waals surface area contributed by atoms with Crippen molar-refractivity contribution in [2.24, 2.45) is 0 Å². The van der Waals surface area contributed by atoms with E-state index < -0.39 is 5.82 Å². The monoisotopic (exact) mass is 365 g/mol. The fourth-order valence-electron chi connectivity index (χ4n) is 1.95. The van der Waals surface area contributed by atoms with Gasteiger partial charge < -0.3 is 10.1 Å². The molecular weight excluding hydrogens is 349 g/mol. The van der Waals surface area contributed by atoms with E-state index in [1.165, 1.54) is 17.7 Å². The maximum Gasteiger partial charge on any atom is 0.257 e. The van der Waals surface area contributed by atoms with Crippen molar-refractivity contribution in [1.29, 1.82) is 0 Å². The third-order valence-corrected chi connectivity index (χ3v) is 3.55. The summed E-state index contributed by atoms with van der Waals surface area (Å²) in [5.74, 6) is -0.677. The van der Waals surface area contributed by atoms with Gasteiger partial charge in [0, 0.05) is 11.0 Å². The van der Waals surface area contributed by atoms with Crippen molar-refractivity contribution in [2.45, 2.75) is 12.8 Å². The maximum atomic E-state index is 13.5. The zero-order valence-electron chi connectivity index (χ0n) is 12.0. The molecule has 22 heavy (non-hydrogen) atoms. The number of aryl methyl sites for hydroxylation is 1. The number of nitrogens with one attached hydrogen (secondary N) is 1. The zero-order chi connectivity index (χ0) is 15.8. The molecule has 2 aromatic rings. The van der Waals surface area contributed by atoms with E-state index in [4.69, 9.17) is 4.74 Å². The van der Waals surface area contributed by atoms with Crippen LogP contribution in [0.3, 0.4) is 0 Å². The van der Waals surface area contributed by atoms with Crippen LogP contribution in [0.2, 0.25) is 0 Å². The smallest absolute Gasteiger partial charge is 0.257 e. The Morgan fingerprint density at radius 3 is 2.68 bits per heavy atom. The van der Waals surface area contributed by atoms with Crippen LogP contribution >= 0.6 is 15.9 Å². The quantitative estimate of drug-likeness (QED) is 0.759. The van der Waals surface area contributed by atoms with Gasteiger partial charge in [0.2, 0.25) is 0 Å². The summed E-state index contributed by atoms with van der Waals surface area (Å²) in [4.78, 5) is 11.6. The summed E-state index contributed by atoms with van der Waals surface area (Å²) < 4.78 is 19.3. The molecule has 0 fully saturated rings. The number of halogens is 2. The third kappa shape index (κ3) is 5.48. The second kappa shape index (κ2) is 8.54. The van der Waals surface area contributed by atoms with Gasteiger partial charge in [0.1, 0.15) is 0 Å². The summed E-state index contributed by atoms with van der Waals surface area (Å²) >= 11 is 3.16. The number of hydrogen-bond acceptors (Lipinski definition) is 2. The molecule has 1 N–H and O–H groups in total. The van der Waals surface area contributed by atoms with E-state index >= 15 is 0 Å². The van der Waals surface area contributed by atoms with E-state index in [9.17, 15) is 9.18 Å². The molecule has 0 radical (unpaired) electrons. The first-order chi connectivity index (χ1) is 10.6. The lowest BCUT2D eigenvalue weighted by Crippen LogP contribution is -2.30. The van der Waals surface area contributed by atoms with Gasteiger partial charge >= 0.3 is 0 Å². The molecule has 0 aromatic heterocycles. The predicted octanol–water partition coefficient (Wildman–Crippen LogP) is 3.72. The lowest BCUT2D eigenvalue weighted by atomic mass is 10.1. The maximum absolute atomic E-state index is 13.5. The minimum absolute atomic E-state index is 0.0719. The van der Waals surface area contributed by atoms with E-state index in [-0.39, 0.29) is 18.3 Å². The molecule has 0 aliphatic carbocycles. The van der Waals surface area contributed by atoms with Crippen molar-refractivity contribution in [3.05, 3.63) is 64.4 Å². The van der Waals surface area contributed by atoms with Gasteiger partial charge in [0.05, 0.1) is 0 Å². The van der Waals surface area contributed by atoms with Crippen LogP contribution in [0.4, 0.5) is 4.39 Å². The Kier molecular flexibility index (Phi) is 6.40. The first-order valence-corrected chi connectivity index (χ1v) is 7.83. The standard InChI is InChI=1S/C17H17BrFNO2/c18-14-8-9-16(15(19)11-14)22-12-17(21)20-10-4-7-13-5-2-1-3-6-13/h1-3,5-6,8-9,11H,4,7,10,12H2,(H,20,21). The molecular formula is C17H17BrFNO2. The molecule has 2 aromatic carbocycles. The van der Waals surface area contributed by atoms with Gasteiger partial charge in [-0.05, 0) is 36.6 Å². The van der Waals surface area contributed by atoms with Crippen molar-refractivity contribution >= 4 is 21.8 Å². The molecule has 2 rings (SSSR count). The molecule has 0 heterocycles. The Morgan fingerprint density at radius 1 is 1.18 bits per heavy atom. The lowest BCUT2D eigenvalue weighted by Gasteiger charge is -2.08. The first-order valence-electron chi connectivity index (χ1n) is 7.03. The molecule has 0 spiro atoms. The second-order valence-corrected chi connectivity index (χ2v) is 5.72. The van der Waals surface area contributed by atoms with Crippen LogP contribution in [-0.4, -0.2) is 19.1 Å². The second-order valence-electron chi connectivity index (χ2n) is 4.80. The Balaban J connectivity index is 1.65. The van der Waals surface area contributed by atoms with Crippen molar-refractivity contribution < 1.29 is 13.9 Å². The average Bonchev–Trinajstić information content (AvgIpc) is 2.52. The van der Waals surface area contributed by atoms with Crippen LogP contribution in [0.1, 0.15) is 12.0 Å². The molecule has 5 heteroatoms. The topological polar surface area (TPSA) is 38.3 Å². The van der Waals surface area contributed by atoms with Crippen LogP contribution in [0.15, 0.2) is 53.0 Å². The van der Waals surface area contributed by atoms with Gasteiger partial charge in [0.15, 0.2) is 18.2 Å². The van der Waals surface area contributed by atoms with Crippen molar-refractivity contribution in [3.63, 3.8) is 0 Å². The fourth-order valence-corrected chi connectivity index (χ4v) is 2.28. The summed E-state index contributed by atoms with van der Waals surface area (Å²) in [6, 6.07) is 14.5. The van der Waals surface area contributed by atoms with E-state index in [0.717, 1.165) is 12.8 Å². The van der Waals surface area contributed by atoms with Crippen LogP contribution in [0.25, 0.3) is 0 Å². The van der Waals surface area contributed by atoms with E-state index in [2.05, 4.69) is 33.4 Å². The Hall–Kier alpha value is -1.88. The molecule has 0 saturated heterocycles. The number of amides is 1. The van der Waals surface area contributed by atoms with Gasteiger partial charge in [-0.2, -0.15) is 0 Å². The van der Waals surface area contributed by atoms with Crippen LogP contribution < -0.4 is 10.1 Å². The Morgan fingerprint density at radius 2 is 1.95 bits per heavy atom. The summed E-state index contributed by atoms with van der Waals surface area (Å²) in [6.45, 7) is 0.379. The minimum atomic E-state index is -0.494. The predicted molar refractivity (Wildman–Crippen MR) is 87.4 cm³/mol. The van der Waals surface area contributed by atoms with E-state index in [1.54, 1.807) is 6.07 Å². The lowest BCUT2D eigenvalue weighted by molar-refractivity contribution is -0.123. The highest BCUT2D eigenvalue weighted by molar-refractivity contribution is 9.10. The summed E-state index contributed by atoms with van der Waals surface area (Å²) in [5, 5.41) is 2.76. The van der Waals surface area contributed by atoms with Crippen LogP contribution in [-0.2, 0) is 11.2 Å². The summed E-state index contributed by atoms with van der Waals surface area (Å²) in [5.41, 5.74) is 1.24. The largest absolute Gasteiger partial charge is 0.481 e. The molecule has 0 bridgehead atoms. The number of carbonyl (C=O) groups is 1. The van der Waals surface area contributed by atoms with E-state index in [0.29, 0.717) is 11.0 Å². The van der Waals surface area contributed by atoms with Crippen molar-refractivity contribution in [3.8, 4) is 5.75 Å². The first kappa shape index (κ1) is 16.5. The van der Waals surface area contributed by atoms with E-state index in [1.807, 2.05) is 18.2 Å². The number of rotatable bonds is 7. The van der Waals surface area contributed by atoms with Crippen LogP contribution in [0, 0.1) is 5.82 Å². The molecule has 0 saturated carbocycles. The Labute approximate surface area is 137 Å². The zero-order valence-corrected chi connectivity index (χ0v) is 13.6. The molecule has 116 valence electrons. The molecule has 0 atom stereocenters. The fraction of sp³-hybridized carbons (Fsp3) is 0.235. The highest BCUT2D eigenvalue weighted by Gasteiger charge is 2.07. The van der Waals surface area contributed by atoms with Gasteiger partial charge in [-0.15, -0.1) is 0 Å². The highest BCUT2D eigenvalue weighted by atomic mass is 79.9. The number of ether oxygens (including phenoxy) is 1. The third-order valence-electron chi connectivity index (χ3n) is 3.06. The van der Waals surface area contributed by atoms with Crippen LogP contribution in [0.5, 0.6) is 5.75 Å². The normalized spacial score (nSPS) is 10.3. The molecule has 0 aliphatic rings. The molecule has 1 amide bonds. The Bertz CT molecular complexity index is 619. The van der Waals surface area contributed by atoms with Gasteiger partial charge in [0.25, 0.3) is 5.91 Å². The molecule has 0 aliphatic heterocycles. The SMILES string of the molecule is O=C(COc1ccc(Br)cc1F)NCCCc1ccccc1. The highest BCUT2D eigenvalue weighted by Crippen LogP contribution is 2.21. The van der Waals surface area contributed by atoms with Gasteiger partial charge in [-0.3, -0.25) is 4.79 Å². The summed E-state index contributed by atoms with van der Waals surface area (Å²) in [6.07, 6.45) is 1.76. The van der Waals surface area contributed by atoms with Gasteiger partial charge in [-0.25, -0.2) is 4.39 Å². The van der Waals surface area contributed by atoms with Crippen molar-refractivity contribution in [2.75, 3.05) is 13.2 Å². The number of hydrogen-bond donors (Lipinski definition) is 1. The minimum Gasteiger partial charge on any atom is -0.481 e. The molecule has 0 unspecified atom stereocenters. The molecule has 3 nitrogen and oxygen atoms in total. The summed E-state index contributed by atoms with van der Waals surface area (Å²) in [7, 11) is 0. The van der Waals surface area contributed by atoms with Crippen molar-refractivity contribution in [1.82, 2.24) is 5.32 Å². The number of carbonyl (C=O) groups excluding carboxylic acids is 1. The number of benzene rings is 2. The average molecular weight is 366 g/mol. The van der Waals surface area contributed by atoms with Gasteiger partial charge in [-0.1, -0.05) is 46.3 Å².